The maximum atomic E-state index is 13.5. The van der Waals surface area contributed by atoms with Crippen molar-refractivity contribution in [1.82, 2.24) is 15.6 Å². The van der Waals surface area contributed by atoms with Crippen LogP contribution in [0.5, 0.6) is 5.75 Å². The summed E-state index contributed by atoms with van der Waals surface area (Å²) in [6.07, 6.45) is 9.82. The SMILES string of the molecule is N[C@@H](Cc1ccc(O)cc1)C(=O)N[C@H](Cc1c[nH]c2ccccc12)C(=O)NC(=O)CC12CC3CC(CC(C3)C1)C2. The van der Waals surface area contributed by atoms with Crippen LogP contribution in [0.15, 0.2) is 54.7 Å². The zero-order chi connectivity index (χ0) is 27.9. The largest absolute Gasteiger partial charge is 0.508 e. The lowest BCUT2D eigenvalue weighted by Crippen LogP contribution is -2.54. The minimum Gasteiger partial charge on any atom is -0.508 e. The number of carbonyl (C=O) groups excluding carboxylic acids is 3. The molecule has 4 aliphatic rings. The number of imide groups is 1. The van der Waals surface area contributed by atoms with Crippen LogP contribution >= 0.6 is 0 Å². The highest BCUT2D eigenvalue weighted by Crippen LogP contribution is 2.61. The number of nitrogens with one attached hydrogen (secondary N) is 3. The van der Waals surface area contributed by atoms with Gasteiger partial charge in [0, 0.05) is 29.9 Å². The lowest BCUT2D eigenvalue weighted by molar-refractivity contribution is -0.137. The van der Waals surface area contributed by atoms with Gasteiger partial charge < -0.3 is 21.1 Å². The maximum Gasteiger partial charge on any atom is 0.249 e. The number of aromatic hydroxyl groups is 1. The molecule has 1 heterocycles. The third kappa shape index (κ3) is 5.63. The molecule has 0 saturated heterocycles. The fourth-order valence-electron chi connectivity index (χ4n) is 8.10. The Balaban J connectivity index is 1.15. The Hall–Kier alpha value is -3.65. The molecule has 6 N–H and O–H groups in total. The van der Waals surface area contributed by atoms with Gasteiger partial charge in [-0.1, -0.05) is 30.3 Å². The normalized spacial score (nSPS) is 26.4. The highest BCUT2D eigenvalue weighted by molar-refractivity contribution is 6.00. The van der Waals surface area contributed by atoms with Crippen LogP contribution in [0.2, 0.25) is 0 Å². The lowest BCUT2D eigenvalue weighted by Gasteiger charge is -2.56. The van der Waals surface area contributed by atoms with E-state index in [2.05, 4.69) is 15.6 Å². The van der Waals surface area contributed by atoms with E-state index >= 15 is 0 Å². The van der Waals surface area contributed by atoms with Crippen LogP contribution in [-0.4, -0.2) is 39.9 Å². The summed E-state index contributed by atoms with van der Waals surface area (Å²) in [7, 11) is 0. The molecule has 0 aliphatic heterocycles. The zero-order valence-electron chi connectivity index (χ0n) is 22.7. The molecule has 4 fully saturated rings. The van der Waals surface area contributed by atoms with Gasteiger partial charge in [-0.2, -0.15) is 0 Å². The Morgan fingerprint density at radius 1 is 0.925 bits per heavy atom. The van der Waals surface area contributed by atoms with Crippen molar-refractivity contribution >= 4 is 28.6 Å². The third-order valence-corrected chi connectivity index (χ3v) is 9.42. The molecule has 4 bridgehead atoms. The first kappa shape index (κ1) is 26.6. The second-order valence-electron chi connectivity index (χ2n) is 12.6. The topological polar surface area (TPSA) is 137 Å². The molecule has 8 nitrogen and oxygen atoms in total. The Morgan fingerprint density at radius 2 is 1.57 bits per heavy atom. The Labute approximate surface area is 234 Å². The molecular formula is C32H38N4O4. The molecule has 7 rings (SSSR count). The predicted molar refractivity (Wildman–Crippen MR) is 152 cm³/mol. The monoisotopic (exact) mass is 542 g/mol. The van der Waals surface area contributed by atoms with Crippen molar-refractivity contribution < 1.29 is 19.5 Å². The highest BCUT2D eigenvalue weighted by atomic mass is 16.3. The van der Waals surface area contributed by atoms with Gasteiger partial charge in [0.15, 0.2) is 0 Å². The van der Waals surface area contributed by atoms with E-state index in [9.17, 15) is 19.5 Å². The molecule has 0 spiro atoms. The van der Waals surface area contributed by atoms with Gasteiger partial charge in [-0.15, -0.1) is 0 Å². The van der Waals surface area contributed by atoms with Gasteiger partial charge in [-0.05, 0) is 97.4 Å². The molecule has 4 aliphatic carbocycles. The Kier molecular flexibility index (Phi) is 7.13. The number of para-hydroxylation sites is 1. The van der Waals surface area contributed by atoms with Crippen molar-refractivity contribution in [3.63, 3.8) is 0 Å². The van der Waals surface area contributed by atoms with E-state index in [0.29, 0.717) is 6.42 Å². The Morgan fingerprint density at radius 3 is 2.25 bits per heavy atom. The molecule has 2 aromatic carbocycles. The molecule has 40 heavy (non-hydrogen) atoms. The molecule has 210 valence electrons. The summed E-state index contributed by atoms with van der Waals surface area (Å²) >= 11 is 0. The molecule has 0 unspecified atom stereocenters. The van der Waals surface area contributed by atoms with Crippen LogP contribution in [0.25, 0.3) is 10.9 Å². The quantitative estimate of drug-likeness (QED) is 0.281. The lowest BCUT2D eigenvalue weighted by atomic mass is 9.49. The number of nitrogens with two attached hydrogens (primary N) is 1. The van der Waals surface area contributed by atoms with Crippen molar-refractivity contribution in [1.29, 1.82) is 0 Å². The van der Waals surface area contributed by atoms with Gasteiger partial charge in [0.2, 0.25) is 17.7 Å². The summed E-state index contributed by atoms with van der Waals surface area (Å²) < 4.78 is 0. The van der Waals surface area contributed by atoms with Gasteiger partial charge >= 0.3 is 0 Å². The number of amides is 3. The van der Waals surface area contributed by atoms with Crippen LogP contribution in [0.4, 0.5) is 0 Å². The summed E-state index contributed by atoms with van der Waals surface area (Å²) in [4.78, 5) is 43.1. The average molecular weight is 543 g/mol. The van der Waals surface area contributed by atoms with Gasteiger partial charge in [0.05, 0.1) is 6.04 Å². The number of aromatic amines is 1. The van der Waals surface area contributed by atoms with Gasteiger partial charge in [-0.3, -0.25) is 19.7 Å². The number of phenolic OH excluding ortho intramolecular Hbond substituents is 1. The molecule has 4 saturated carbocycles. The predicted octanol–water partition coefficient (Wildman–Crippen LogP) is 3.72. The van der Waals surface area contributed by atoms with Crippen LogP contribution in [0.3, 0.4) is 0 Å². The Bertz CT molecular complexity index is 1380. The average Bonchev–Trinajstić information content (AvgIpc) is 3.31. The van der Waals surface area contributed by atoms with Gasteiger partial charge in [-0.25, -0.2) is 0 Å². The minimum absolute atomic E-state index is 0.0150. The van der Waals surface area contributed by atoms with E-state index in [1.807, 2.05) is 30.5 Å². The van der Waals surface area contributed by atoms with Gasteiger partial charge in [0.25, 0.3) is 0 Å². The second kappa shape index (κ2) is 10.7. The molecule has 2 atom stereocenters. The van der Waals surface area contributed by atoms with Crippen molar-refractivity contribution in [2.75, 3.05) is 0 Å². The van der Waals surface area contributed by atoms with Crippen molar-refractivity contribution in [2.45, 2.75) is 69.9 Å². The number of benzene rings is 2. The summed E-state index contributed by atoms with van der Waals surface area (Å²) in [5.41, 5.74) is 8.83. The molecule has 3 aromatic rings. The number of hydrogen-bond donors (Lipinski definition) is 5. The number of carbonyl (C=O) groups is 3. The van der Waals surface area contributed by atoms with Crippen molar-refractivity contribution in [3.05, 3.63) is 65.9 Å². The highest BCUT2D eigenvalue weighted by Gasteiger charge is 2.51. The fourth-order valence-corrected chi connectivity index (χ4v) is 8.10. The summed E-state index contributed by atoms with van der Waals surface area (Å²) in [6.45, 7) is 0. The number of rotatable bonds is 9. The van der Waals surface area contributed by atoms with Crippen LogP contribution in [0, 0.1) is 23.2 Å². The number of hydrogen-bond acceptors (Lipinski definition) is 5. The number of aromatic nitrogens is 1. The van der Waals surface area contributed by atoms with E-state index in [1.54, 1.807) is 24.3 Å². The first-order valence-corrected chi connectivity index (χ1v) is 14.5. The second-order valence-corrected chi connectivity index (χ2v) is 12.6. The van der Waals surface area contributed by atoms with E-state index in [0.717, 1.165) is 59.0 Å². The number of fused-ring (bicyclic) bond motifs is 1. The van der Waals surface area contributed by atoms with Crippen molar-refractivity contribution in [2.24, 2.45) is 28.9 Å². The van der Waals surface area contributed by atoms with Crippen LogP contribution < -0.4 is 16.4 Å². The molecule has 1 aromatic heterocycles. The first-order chi connectivity index (χ1) is 19.2. The maximum absolute atomic E-state index is 13.5. The van der Waals surface area contributed by atoms with Crippen LogP contribution in [0.1, 0.15) is 56.1 Å². The minimum atomic E-state index is -0.960. The van der Waals surface area contributed by atoms with Crippen molar-refractivity contribution in [3.8, 4) is 5.75 Å². The molecule has 8 heteroatoms. The van der Waals surface area contributed by atoms with E-state index in [1.165, 1.54) is 19.3 Å². The third-order valence-electron chi connectivity index (χ3n) is 9.42. The van der Waals surface area contributed by atoms with Crippen LogP contribution in [-0.2, 0) is 27.2 Å². The summed E-state index contributed by atoms with van der Waals surface area (Å²) in [5, 5.41) is 16.0. The molecular weight excluding hydrogens is 504 g/mol. The summed E-state index contributed by atoms with van der Waals surface area (Å²) in [5.74, 6) is 1.07. The van der Waals surface area contributed by atoms with E-state index < -0.39 is 23.9 Å². The van der Waals surface area contributed by atoms with E-state index in [4.69, 9.17) is 5.73 Å². The van der Waals surface area contributed by atoms with E-state index in [-0.39, 0.29) is 29.9 Å². The number of phenols is 1. The fraction of sp³-hybridized carbons (Fsp3) is 0.469. The standard InChI is InChI=1S/C32H38N4O4/c33-26(12-19-5-7-24(37)8-6-19)30(39)35-28(13-23-18-34-27-4-2-1-3-25(23)27)31(40)36-29(38)17-32-14-20-9-21(15-32)11-22(10-20)16-32/h1-8,18,20-22,26,28,34,37H,9-17,33H2,(H,35,39)(H,36,38,40)/t20?,21?,22?,26-,28+,32?/m0/s1. The zero-order valence-corrected chi connectivity index (χ0v) is 22.7. The first-order valence-electron chi connectivity index (χ1n) is 14.5. The summed E-state index contributed by atoms with van der Waals surface area (Å²) in [6, 6.07) is 12.4. The van der Waals surface area contributed by atoms with Gasteiger partial charge in [0.1, 0.15) is 11.8 Å². The smallest absolute Gasteiger partial charge is 0.249 e. The molecule has 3 amide bonds. The number of H-pyrrole nitrogens is 1. The molecule has 0 radical (unpaired) electrons.